The monoisotopic (exact) mass is 441 g/mol. The van der Waals surface area contributed by atoms with Gasteiger partial charge >= 0.3 is 0 Å². The van der Waals surface area contributed by atoms with Crippen LogP contribution in [0.5, 0.6) is 0 Å². The van der Waals surface area contributed by atoms with E-state index in [1.54, 1.807) is 12.1 Å². The number of aromatic nitrogens is 2. The van der Waals surface area contributed by atoms with Crippen LogP contribution in [0.25, 0.3) is 16.7 Å². The maximum Gasteiger partial charge on any atom is 0.258 e. The molecule has 2 aromatic carbocycles. The molecule has 2 aromatic heterocycles. The number of hydrogen-bond acceptors (Lipinski definition) is 5. The van der Waals surface area contributed by atoms with Crippen LogP contribution in [0.3, 0.4) is 0 Å². The van der Waals surface area contributed by atoms with Crippen molar-refractivity contribution in [3.63, 3.8) is 0 Å². The van der Waals surface area contributed by atoms with Crippen molar-refractivity contribution >= 4 is 49.9 Å². The Morgan fingerprint density at radius 1 is 1.15 bits per heavy atom. The van der Waals surface area contributed by atoms with E-state index in [4.69, 9.17) is 4.42 Å². The average Bonchev–Trinajstić information content (AvgIpc) is 3.25. The summed E-state index contributed by atoms with van der Waals surface area (Å²) in [5.41, 5.74) is 1.32. The molecular formula is C19H12BrN3O3S. The standard InChI is InChI=1S/C19H12BrN3O3S/c1-11(24)21-19-23(14-5-3-2-4-6-14)22-18(27-19)17(25)16-10-12-9-13(20)7-8-15(12)26-16/h2-10H,1H3. The second-order valence-electron chi connectivity index (χ2n) is 5.69. The van der Waals surface area contributed by atoms with Gasteiger partial charge in [-0.15, -0.1) is 0 Å². The second-order valence-corrected chi connectivity index (χ2v) is 7.56. The number of fused-ring (bicyclic) bond motifs is 1. The van der Waals surface area contributed by atoms with Crippen molar-refractivity contribution in [1.29, 1.82) is 0 Å². The summed E-state index contributed by atoms with van der Waals surface area (Å²) in [6, 6.07) is 16.4. The van der Waals surface area contributed by atoms with E-state index in [-0.39, 0.29) is 22.5 Å². The predicted octanol–water partition coefficient (Wildman–Crippen LogP) is 4.12. The molecule has 0 fully saturated rings. The Morgan fingerprint density at radius 3 is 2.67 bits per heavy atom. The van der Waals surface area contributed by atoms with Crippen LogP contribution < -0.4 is 4.80 Å². The van der Waals surface area contributed by atoms with Crippen molar-refractivity contribution < 1.29 is 14.0 Å². The molecule has 134 valence electrons. The van der Waals surface area contributed by atoms with Crippen molar-refractivity contribution in [3.8, 4) is 5.69 Å². The van der Waals surface area contributed by atoms with E-state index >= 15 is 0 Å². The van der Waals surface area contributed by atoms with Gasteiger partial charge in [-0.1, -0.05) is 45.5 Å². The van der Waals surface area contributed by atoms with Gasteiger partial charge in [-0.2, -0.15) is 10.1 Å². The third-order valence-corrected chi connectivity index (χ3v) is 5.11. The fraction of sp³-hybridized carbons (Fsp3) is 0.0526. The largest absolute Gasteiger partial charge is 0.452 e. The van der Waals surface area contributed by atoms with Crippen LogP contribution in [0.15, 0.2) is 68.5 Å². The molecule has 0 unspecified atom stereocenters. The van der Waals surface area contributed by atoms with Crippen molar-refractivity contribution in [2.24, 2.45) is 4.99 Å². The highest BCUT2D eigenvalue weighted by molar-refractivity contribution is 9.10. The molecule has 0 spiro atoms. The molecule has 0 radical (unpaired) electrons. The predicted molar refractivity (Wildman–Crippen MR) is 105 cm³/mol. The molecule has 27 heavy (non-hydrogen) atoms. The summed E-state index contributed by atoms with van der Waals surface area (Å²) in [6.07, 6.45) is 0. The van der Waals surface area contributed by atoms with E-state index in [1.165, 1.54) is 11.6 Å². The van der Waals surface area contributed by atoms with E-state index in [9.17, 15) is 9.59 Å². The lowest BCUT2D eigenvalue weighted by Crippen LogP contribution is -2.15. The smallest absolute Gasteiger partial charge is 0.258 e. The Bertz CT molecular complexity index is 1240. The number of nitrogens with zero attached hydrogens (tertiary/aromatic N) is 3. The quantitative estimate of drug-likeness (QED) is 0.448. The molecule has 2 heterocycles. The van der Waals surface area contributed by atoms with Gasteiger partial charge in [0.25, 0.3) is 5.78 Å². The molecule has 8 heteroatoms. The van der Waals surface area contributed by atoms with Crippen molar-refractivity contribution in [3.05, 3.63) is 74.6 Å². The number of carbonyl (C=O) groups is 2. The van der Waals surface area contributed by atoms with Gasteiger partial charge in [0, 0.05) is 16.8 Å². The van der Waals surface area contributed by atoms with Gasteiger partial charge in [-0.05, 0) is 36.4 Å². The van der Waals surface area contributed by atoms with Gasteiger partial charge in [0.2, 0.25) is 10.7 Å². The van der Waals surface area contributed by atoms with E-state index < -0.39 is 0 Å². The first-order valence-electron chi connectivity index (χ1n) is 7.96. The normalized spacial score (nSPS) is 11.9. The molecule has 0 aliphatic heterocycles. The third-order valence-electron chi connectivity index (χ3n) is 3.71. The fourth-order valence-electron chi connectivity index (χ4n) is 2.55. The number of hydrogen-bond donors (Lipinski definition) is 0. The highest BCUT2D eigenvalue weighted by Gasteiger charge is 2.20. The van der Waals surface area contributed by atoms with Crippen LogP contribution in [0.2, 0.25) is 0 Å². The Morgan fingerprint density at radius 2 is 1.93 bits per heavy atom. The van der Waals surface area contributed by atoms with Crippen LogP contribution in [0.1, 0.15) is 22.5 Å². The lowest BCUT2D eigenvalue weighted by atomic mass is 10.2. The van der Waals surface area contributed by atoms with Gasteiger partial charge in [0.1, 0.15) is 5.58 Å². The van der Waals surface area contributed by atoms with E-state index in [0.29, 0.717) is 16.1 Å². The van der Waals surface area contributed by atoms with Crippen molar-refractivity contribution in [2.45, 2.75) is 6.92 Å². The number of para-hydroxylation sites is 1. The lowest BCUT2D eigenvalue weighted by Gasteiger charge is -1.99. The number of halogens is 1. The summed E-state index contributed by atoms with van der Waals surface area (Å²) in [7, 11) is 0. The first-order valence-corrected chi connectivity index (χ1v) is 9.57. The SMILES string of the molecule is CC(=O)N=c1sc(C(=O)c2cc3cc(Br)ccc3o2)nn1-c1ccccc1. The minimum absolute atomic E-state index is 0.187. The molecule has 4 rings (SSSR count). The van der Waals surface area contributed by atoms with Crippen LogP contribution in [0, 0.1) is 0 Å². The topological polar surface area (TPSA) is 77.5 Å². The van der Waals surface area contributed by atoms with Crippen molar-refractivity contribution in [1.82, 2.24) is 9.78 Å². The first-order chi connectivity index (χ1) is 13.0. The minimum atomic E-state index is -0.365. The summed E-state index contributed by atoms with van der Waals surface area (Å²) < 4.78 is 8.05. The van der Waals surface area contributed by atoms with Crippen LogP contribution in [0.4, 0.5) is 0 Å². The van der Waals surface area contributed by atoms with Gasteiger partial charge in [0.15, 0.2) is 10.8 Å². The molecule has 0 saturated heterocycles. The van der Waals surface area contributed by atoms with Gasteiger partial charge in [-0.25, -0.2) is 4.68 Å². The molecule has 0 aliphatic carbocycles. The Hall–Kier alpha value is -2.84. The zero-order chi connectivity index (χ0) is 19.0. The van der Waals surface area contributed by atoms with Crippen LogP contribution >= 0.6 is 27.3 Å². The van der Waals surface area contributed by atoms with E-state index in [2.05, 4.69) is 26.0 Å². The summed E-state index contributed by atoms with van der Waals surface area (Å²) in [5, 5.41) is 5.37. The molecule has 1 amide bonds. The number of rotatable bonds is 3. The first kappa shape index (κ1) is 17.6. The molecule has 0 N–H and O–H groups in total. The highest BCUT2D eigenvalue weighted by atomic mass is 79.9. The number of carbonyl (C=O) groups excluding carboxylic acids is 2. The molecule has 0 atom stereocenters. The Kier molecular flexibility index (Phi) is 4.59. The summed E-state index contributed by atoms with van der Waals surface area (Å²) in [6.45, 7) is 1.35. The summed E-state index contributed by atoms with van der Waals surface area (Å²) in [4.78, 5) is 28.7. The molecule has 4 aromatic rings. The number of benzene rings is 2. The second kappa shape index (κ2) is 7.05. The summed E-state index contributed by atoms with van der Waals surface area (Å²) in [5.74, 6) is -0.538. The van der Waals surface area contributed by atoms with Crippen molar-refractivity contribution in [2.75, 3.05) is 0 Å². The summed E-state index contributed by atoms with van der Waals surface area (Å²) >= 11 is 4.44. The Balaban J connectivity index is 1.82. The van der Waals surface area contributed by atoms with Crippen LogP contribution in [-0.2, 0) is 4.79 Å². The molecule has 6 nitrogen and oxygen atoms in total. The average molecular weight is 442 g/mol. The Labute approximate surface area is 165 Å². The fourth-order valence-corrected chi connectivity index (χ4v) is 3.82. The van der Waals surface area contributed by atoms with E-state index in [1.807, 2.05) is 42.5 Å². The molecular weight excluding hydrogens is 430 g/mol. The zero-order valence-electron chi connectivity index (χ0n) is 14.0. The molecule has 0 saturated carbocycles. The van der Waals surface area contributed by atoms with E-state index in [0.717, 1.165) is 21.2 Å². The van der Waals surface area contributed by atoms with Gasteiger partial charge < -0.3 is 4.42 Å². The lowest BCUT2D eigenvalue weighted by molar-refractivity contribution is -0.116. The number of ketones is 1. The number of furan rings is 1. The maximum absolute atomic E-state index is 12.9. The number of amides is 1. The zero-order valence-corrected chi connectivity index (χ0v) is 16.5. The maximum atomic E-state index is 12.9. The third kappa shape index (κ3) is 3.54. The van der Waals surface area contributed by atoms with Crippen LogP contribution in [-0.4, -0.2) is 21.5 Å². The minimum Gasteiger partial charge on any atom is -0.452 e. The molecule has 0 aliphatic rings. The van der Waals surface area contributed by atoms with Gasteiger partial charge in [0.05, 0.1) is 5.69 Å². The van der Waals surface area contributed by atoms with Gasteiger partial charge in [-0.3, -0.25) is 9.59 Å². The highest BCUT2D eigenvalue weighted by Crippen LogP contribution is 2.25. The molecule has 0 bridgehead atoms.